The van der Waals surface area contributed by atoms with E-state index in [1.807, 2.05) is 13.0 Å². The van der Waals surface area contributed by atoms with Gasteiger partial charge >= 0.3 is 5.97 Å². The van der Waals surface area contributed by atoms with E-state index in [9.17, 15) is 18.0 Å². The number of ether oxygens (including phenoxy) is 2. The van der Waals surface area contributed by atoms with E-state index in [1.165, 1.54) is 0 Å². The van der Waals surface area contributed by atoms with Crippen molar-refractivity contribution in [2.24, 2.45) is 0 Å². The molecule has 7 nitrogen and oxygen atoms in total. The predicted octanol–water partition coefficient (Wildman–Crippen LogP) is 2.92. The second-order valence-corrected chi connectivity index (χ2v) is 10.7. The Bertz CT molecular complexity index is 881. The Labute approximate surface area is 182 Å². The maximum Gasteiger partial charge on any atom is 0.344 e. The largest absolute Gasteiger partial charge is 0.480 e. The van der Waals surface area contributed by atoms with Gasteiger partial charge in [0.05, 0.1) is 16.5 Å². The highest BCUT2D eigenvalue weighted by atomic mass is 35.5. The van der Waals surface area contributed by atoms with E-state index in [0.29, 0.717) is 17.2 Å². The van der Waals surface area contributed by atoms with Crippen LogP contribution in [0.3, 0.4) is 0 Å². The number of benzene rings is 1. The van der Waals surface area contributed by atoms with Gasteiger partial charge in [-0.2, -0.15) is 0 Å². The first-order valence-electron chi connectivity index (χ1n) is 10.3. The molecule has 1 aliphatic heterocycles. The lowest BCUT2D eigenvalue weighted by Crippen LogP contribution is -2.50. The summed E-state index contributed by atoms with van der Waals surface area (Å²) in [7, 11) is -3.12. The molecule has 0 radical (unpaired) electrons. The van der Waals surface area contributed by atoms with Crippen molar-refractivity contribution in [2.75, 3.05) is 24.7 Å². The van der Waals surface area contributed by atoms with Gasteiger partial charge in [-0.15, -0.1) is 0 Å². The Morgan fingerprint density at radius 1 is 1.10 bits per heavy atom. The van der Waals surface area contributed by atoms with Crippen LogP contribution in [0.2, 0.25) is 5.02 Å². The SMILES string of the molecule is Cc1ccc(Cl)c(OCC(=O)OCC(=O)N(C2CCCCC2)C2CCS(=O)(=O)C2)c1. The lowest BCUT2D eigenvalue weighted by Gasteiger charge is -2.38. The maximum atomic E-state index is 12.9. The van der Waals surface area contributed by atoms with Crippen molar-refractivity contribution < 1.29 is 27.5 Å². The number of hydrogen-bond donors (Lipinski definition) is 0. The Morgan fingerprint density at radius 3 is 2.50 bits per heavy atom. The third-order valence-electron chi connectivity index (χ3n) is 5.65. The minimum absolute atomic E-state index is 0.00519. The van der Waals surface area contributed by atoms with E-state index in [4.69, 9.17) is 21.1 Å². The molecular weight excluding hydrogens is 430 g/mol. The highest BCUT2D eigenvalue weighted by molar-refractivity contribution is 7.91. The summed E-state index contributed by atoms with van der Waals surface area (Å²) in [4.78, 5) is 26.7. The maximum absolute atomic E-state index is 12.9. The molecule has 0 spiro atoms. The van der Waals surface area contributed by atoms with Gasteiger partial charge in [0.2, 0.25) is 0 Å². The zero-order chi connectivity index (χ0) is 21.7. The molecule has 1 saturated heterocycles. The fraction of sp³-hybridized carbons (Fsp3) is 0.619. The number of rotatable bonds is 7. The van der Waals surface area contributed by atoms with Gasteiger partial charge in [-0.25, -0.2) is 13.2 Å². The smallest absolute Gasteiger partial charge is 0.344 e. The molecule has 2 aliphatic rings. The van der Waals surface area contributed by atoms with Crippen LogP contribution in [0.15, 0.2) is 18.2 Å². The molecule has 0 bridgehead atoms. The summed E-state index contributed by atoms with van der Waals surface area (Å²) < 4.78 is 34.4. The van der Waals surface area contributed by atoms with Crippen LogP contribution in [0.5, 0.6) is 5.75 Å². The quantitative estimate of drug-likeness (QED) is 0.585. The molecule has 166 valence electrons. The molecule has 30 heavy (non-hydrogen) atoms. The highest BCUT2D eigenvalue weighted by Crippen LogP contribution is 2.28. The Hall–Kier alpha value is -1.80. The average molecular weight is 458 g/mol. The van der Waals surface area contributed by atoms with Crippen LogP contribution in [0.25, 0.3) is 0 Å². The molecule has 1 amide bonds. The first-order valence-corrected chi connectivity index (χ1v) is 12.5. The molecule has 0 aromatic heterocycles. The van der Waals surface area contributed by atoms with Gasteiger partial charge in [0.15, 0.2) is 23.1 Å². The van der Waals surface area contributed by atoms with Crippen LogP contribution >= 0.6 is 11.6 Å². The molecular formula is C21H28ClNO6S. The molecule has 1 atom stereocenters. The van der Waals surface area contributed by atoms with Crippen molar-refractivity contribution in [1.29, 1.82) is 0 Å². The van der Waals surface area contributed by atoms with Gasteiger partial charge in [-0.3, -0.25) is 4.79 Å². The summed E-state index contributed by atoms with van der Waals surface area (Å²) in [6.45, 7) is 1.09. The van der Waals surface area contributed by atoms with Crippen LogP contribution in [-0.4, -0.2) is 62.0 Å². The normalized spacial score (nSPS) is 21.2. The summed E-state index contributed by atoms with van der Waals surface area (Å²) in [6, 6.07) is 4.89. The minimum atomic E-state index is -3.12. The Morgan fingerprint density at radius 2 is 1.83 bits per heavy atom. The van der Waals surface area contributed by atoms with Crippen LogP contribution in [0.4, 0.5) is 0 Å². The third kappa shape index (κ3) is 6.11. The van der Waals surface area contributed by atoms with Crippen molar-refractivity contribution in [3.63, 3.8) is 0 Å². The summed E-state index contributed by atoms with van der Waals surface area (Å²) >= 11 is 6.04. The Balaban J connectivity index is 1.57. The standard InChI is InChI=1S/C21H28ClNO6S/c1-15-7-8-18(22)19(11-15)28-13-21(25)29-12-20(24)23(16-5-3-2-4-6-16)17-9-10-30(26,27)14-17/h7-8,11,16-17H,2-6,9-10,12-14H2,1H3. The van der Waals surface area contributed by atoms with E-state index >= 15 is 0 Å². The van der Waals surface area contributed by atoms with Gasteiger partial charge in [0, 0.05) is 12.1 Å². The third-order valence-corrected chi connectivity index (χ3v) is 7.71. The first-order chi connectivity index (χ1) is 14.2. The average Bonchev–Trinajstić information content (AvgIpc) is 3.07. The molecule has 0 N–H and O–H groups in total. The van der Waals surface area contributed by atoms with Crippen LogP contribution in [-0.2, 0) is 24.2 Å². The van der Waals surface area contributed by atoms with E-state index in [0.717, 1.165) is 37.7 Å². The lowest BCUT2D eigenvalue weighted by atomic mass is 9.93. The summed E-state index contributed by atoms with van der Waals surface area (Å²) in [5.41, 5.74) is 0.938. The van der Waals surface area contributed by atoms with Crippen molar-refractivity contribution in [3.05, 3.63) is 28.8 Å². The summed E-state index contributed by atoms with van der Waals surface area (Å²) in [6.07, 6.45) is 5.29. The molecule has 1 unspecified atom stereocenters. The van der Waals surface area contributed by atoms with Crippen molar-refractivity contribution in [3.8, 4) is 5.75 Å². The molecule has 1 aromatic carbocycles. The number of amides is 1. The minimum Gasteiger partial charge on any atom is -0.480 e. The molecule has 3 rings (SSSR count). The number of halogens is 1. The van der Waals surface area contributed by atoms with Crippen LogP contribution in [0, 0.1) is 6.92 Å². The van der Waals surface area contributed by atoms with E-state index in [1.54, 1.807) is 17.0 Å². The fourth-order valence-electron chi connectivity index (χ4n) is 4.18. The number of carbonyl (C=O) groups is 2. The van der Waals surface area contributed by atoms with E-state index < -0.39 is 22.4 Å². The highest BCUT2D eigenvalue weighted by Gasteiger charge is 2.38. The molecule has 9 heteroatoms. The molecule has 1 heterocycles. The monoisotopic (exact) mass is 457 g/mol. The zero-order valence-corrected chi connectivity index (χ0v) is 18.7. The topological polar surface area (TPSA) is 90.0 Å². The number of aryl methyl sites for hydroxylation is 1. The van der Waals surface area contributed by atoms with Gasteiger partial charge < -0.3 is 14.4 Å². The number of sulfone groups is 1. The van der Waals surface area contributed by atoms with Crippen LogP contribution in [0.1, 0.15) is 44.1 Å². The van der Waals surface area contributed by atoms with Crippen LogP contribution < -0.4 is 4.74 Å². The molecule has 1 aromatic rings. The fourth-order valence-corrected chi connectivity index (χ4v) is 6.06. The number of nitrogens with zero attached hydrogens (tertiary/aromatic N) is 1. The lowest BCUT2D eigenvalue weighted by molar-refractivity contribution is -0.155. The van der Waals surface area contributed by atoms with Gasteiger partial charge in [0.1, 0.15) is 5.75 Å². The second kappa shape index (κ2) is 10.0. The number of carbonyl (C=O) groups excluding carboxylic acids is 2. The zero-order valence-electron chi connectivity index (χ0n) is 17.1. The van der Waals surface area contributed by atoms with E-state index in [-0.39, 0.29) is 36.1 Å². The van der Waals surface area contributed by atoms with Gasteiger partial charge in [0.25, 0.3) is 5.91 Å². The number of esters is 1. The first kappa shape index (κ1) is 22.9. The molecule has 1 aliphatic carbocycles. The predicted molar refractivity (Wildman–Crippen MR) is 113 cm³/mol. The summed E-state index contributed by atoms with van der Waals surface area (Å²) in [5, 5.41) is 0.385. The van der Waals surface area contributed by atoms with Crippen molar-refractivity contribution >= 4 is 33.3 Å². The van der Waals surface area contributed by atoms with E-state index in [2.05, 4.69) is 0 Å². The number of hydrogen-bond acceptors (Lipinski definition) is 6. The van der Waals surface area contributed by atoms with Crippen molar-refractivity contribution in [1.82, 2.24) is 4.90 Å². The van der Waals surface area contributed by atoms with Gasteiger partial charge in [-0.05, 0) is 43.9 Å². The van der Waals surface area contributed by atoms with Crippen molar-refractivity contribution in [2.45, 2.75) is 57.5 Å². The molecule has 2 fully saturated rings. The second-order valence-electron chi connectivity index (χ2n) is 8.03. The summed E-state index contributed by atoms with van der Waals surface area (Å²) in [5.74, 6) is -0.563. The Kier molecular flexibility index (Phi) is 7.63. The molecule has 1 saturated carbocycles. The van der Waals surface area contributed by atoms with Gasteiger partial charge in [-0.1, -0.05) is 36.9 Å².